The Labute approximate surface area is 183 Å². The number of carboxylic acids is 1. The van der Waals surface area contributed by atoms with Gasteiger partial charge in [0.2, 0.25) is 5.91 Å². The number of methoxy groups -OCH3 is 1. The maximum Gasteiger partial charge on any atom is 0.353 e. The summed E-state index contributed by atoms with van der Waals surface area (Å²) in [5, 5.41) is 12.4. The van der Waals surface area contributed by atoms with E-state index in [1.54, 1.807) is 18.2 Å². The summed E-state index contributed by atoms with van der Waals surface area (Å²) >= 11 is 14.3. The number of aliphatic carboxylic acids is 1. The highest BCUT2D eigenvalue weighted by Gasteiger charge is 2.55. The Morgan fingerprint density at radius 1 is 1.38 bits per heavy atom. The van der Waals surface area contributed by atoms with Crippen LogP contribution in [0.15, 0.2) is 34.4 Å². The van der Waals surface area contributed by atoms with Gasteiger partial charge in [-0.05, 0) is 18.2 Å². The lowest BCUT2D eigenvalue weighted by atomic mass is 10.0. The van der Waals surface area contributed by atoms with Gasteiger partial charge >= 0.3 is 11.9 Å². The molecule has 0 bridgehead atoms. The number of fused-ring (bicyclic) bond motifs is 1. The Morgan fingerprint density at radius 3 is 2.76 bits per heavy atom. The number of ether oxygens (including phenoxy) is 1. The van der Waals surface area contributed by atoms with E-state index in [1.807, 2.05) is 0 Å². The predicted octanol–water partition coefficient (Wildman–Crippen LogP) is 2.00. The lowest BCUT2D eigenvalue weighted by Gasteiger charge is -2.49. The van der Waals surface area contributed by atoms with Crippen molar-refractivity contribution in [3.05, 3.63) is 39.5 Å². The van der Waals surface area contributed by atoms with Gasteiger partial charge in [0.1, 0.15) is 17.1 Å². The van der Waals surface area contributed by atoms with Crippen molar-refractivity contribution in [2.75, 3.05) is 18.6 Å². The number of hydrogen-bond donors (Lipinski definition) is 2. The molecule has 1 saturated heterocycles. The monoisotopic (exact) mass is 476 g/mol. The van der Waals surface area contributed by atoms with Crippen molar-refractivity contribution in [3.8, 4) is 0 Å². The van der Waals surface area contributed by atoms with Crippen molar-refractivity contribution in [1.29, 1.82) is 0 Å². The molecule has 0 spiro atoms. The SMILES string of the molecule is COC(=O)C1=C(C(=O)O)N2C(=O)C(NC(=O)CSc3cc(Cl)ccc3Cl)[C@@H]2SC1. The number of halogens is 2. The minimum atomic E-state index is -1.40. The molecular formula is C17H14Cl2N2O6S2. The first-order valence-corrected chi connectivity index (χ1v) is 10.9. The lowest BCUT2D eigenvalue weighted by molar-refractivity contribution is -0.151. The number of nitrogens with zero attached hydrogens (tertiary/aromatic N) is 1. The molecule has 29 heavy (non-hydrogen) atoms. The van der Waals surface area contributed by atoms with Crippen LogP contribution in [-0.4, -0.2) is 63.8 Å². The summed E-state index contributed by atoms with van der Waals surface area (Å²) in [4.78, 5) is 49.8. The molecule has 154 valence electrons. The molecule has 0 saturated carbocycles. The van der Waals surface area contributed by atoms with E-state index in [9.17, 15) is 24.3 Å². The fraction of sp³-hybridized carbons (Fsp3) is 0.294. The van der Waals surface area contributed by atoms with Gasteiger partial charge in [0, 0.05) is 15.7 Å². The predicted molar refractivity (Wildman–Crippen MR) is 109 cm³/mol. The normalized spacial score (nSPS) is 20.7. The summed E-state index contributed by atoms with van der Waals surface area (Å²) in [6, 6.07) is 4.00. The van der Waals surface area contributed by atoms with E-state index in [-0.39, 0.29) is 17.1 Å². The first kappa shape index (κ1) is 21.8. The van der Waals surface area contributed by atoms with Crippen LogP contribution in [0, 0.1) is 0 Å². The van der Waals surface area contributed by atoms with Gasteiger partial charge in [-0.15, -0.1) is 23.5 Å². The lowest BCUT2D eigenvalue weighted by Crippen LogP contribution is -2.70. The minimum absolute atomic E-state index is 0.00370. The van der Waals surface area contributed by atoms with Crippen LogP contribution in [0.4, 0.5) is 0 Å². The second-order valence-electron chi connectivity index (χ2n) is 5.94. The smallest absolute Gasteiger partial charge is 0.353 e. The Bertz CT molecular complexity index is 938. The highest BCUT2D eigenvalue weighted by Crippen LogP contribution is 2.40. The van der Waals surface area contributed by atoms with Gasteiger partial charge < -0.3 is 15.2 Å². The molecule has 2 aliphatic heterocycles. The molecule has 2 aliphatic rings. The molecule has 1 fully saturated rings. The molecule has 0 aromatic heterocycles. The van der Waals surface area contributed by atoms with Crippen LogP contribution in [-0.2, 0) is 23.9 Å². The van der Waals surface area contributed by atoms with Gasteiger partial charge in [-0.2, -0.15) is 0 Å². The summed E-state index contributed by atoms with van der Waals surface area (Å²) in [6.45, 7) is 0. The third-order valence-corrected chi connectivity index (χ3v) is 7.18. The molecule has 2 heterocycles. The molecule has 2 N–H and O–H groups in total. The second kappa shape index (κ2) is 8.86. The third-order valence-electron chi connectivity index (χ3n) is 4.17. The van der Waals surface area contributed by atoms with Crippen LogP contribution in [0.5, 0.6) is 0 Å². The summed E-state index contributed by atoms with van der Waals surface area (Å²) in [7, 11) is 1.14. The first-order valence-electron chi connectivity index (χ1n) is 8.11. The van der Waals surface area contributed by atoms with Gasteiger partial charge in [0.05, 0.1) is 23.5 Å². The molecular weight excluding hydrogens is 463 g/mol. The van der Waals surface area contributed by atoms with Crippen molar-refractivity contribution in [1.82, 2.24) is 10.2 Å². The fourth-order valence-corrected chi connectivity index (χ4v) is 5.48. The molecule has 8 nitrogen and oxygen atoms in total. The molecule has 1 aromatic rings. The van der Waals surface area contributed by atoms with Gasteiger partial charge in [0.25, 0.3) is 5.91 Å². The largest absolute Gasteiger partial charge is 0.477 e. The number of thioether (sulfide) groups is 2. The number of amides is 2. The zero-order valence-corrected chi connectivity index (χ0v) is 18.0. The highest BCUT2D eigenvalue weighted by molar-refractivity contribution is 8.00. The number of carboxylic acid groups (broad SMARTS) is 1. The van der Waals surface area contributed by atoms with Crippen LogP contribution >= 0.6 is 46.7 Å². The first-order chi connectivity index (χ1) is 13.7. The van der Waals surface area contributed by atoms with Crippen LogP contribution in [0.3, 0.4) is 0 Å². The van der Waals surface area contributed by atoms with Crippen molar-refractivity contribution >= 4 is 70.5 Å². The van der Waals surface area contributed by atoms with E-state index in [1.165, 1.54) is 11.8 Å². The van der Waals surface area contributed by atoms with E-state index in [2.05, 4.69) is 10.1 Å². The van der Waals surface area contributed by atoms with E-state index in [0.29, 0.717) is 14.9 Å². The Balaban J connectivity index is 1.66. The number of nitrogens with one attached hydrogen (secondary N) is 1. The summed E-state index contributed by atoms with van der Waals surface area (Å²) < 4.78 is 4.59. The molecule has 3 rings (SSSR count). The Morgan fingerprint density at radius 2 is 2.10 bits per heavy atom. The fourth-order valence-electron chi connectivity index (χ4n) is 2.84. The number of esters is 1. The molecule has 2 amide bonds. The number of carbonyl (C=O) groups excluding carboxylic acids is 3. The average Bonchev–Trinajstić information content (AvgIpc) is 2.70. The Hall–Kier alpha value is -1.88. The van der Waals surface area contributed by atoms with E-state index in [0.717, 1.165) is 23.8 Å². The number of carbonyl (C=O) groups is 4. The zero-order chi connectivity index (χ0) is 21.3. The highest BCUT2D eigenvalue weighted by atomic mass is 35.5. The number of rotatable bonds is 6. The van der Waals surface area contributed by atoms with Crippen LogP contribution in [0.2, 0.25) is 10.0 Å². The summed E-state index contributed by atoms with van der Waals surface area (Å²) in [5.41, 5.74) is -0.498. The van der Waals surface area contributed by atoms with Gasteiger partial charge in [0.15, 0.2) is 0 Å². The molecule has 0 radical (unpaired) electrons. The topological polar surface area (TPSA) is 113 Å². The molecule has 0 aliphatic carbocycles. The zero-order valence-electron chi connectivity index (χ0n) is 14.8. The third kappa shape index (κ3) is 4.35. The van der Waals surface area contributed by atoms with E-state index in [4.69, 9.17) is 23.2 Å². The van der Waals surface area contributed by atoms with Gasteiger partial charge in [-0.1, -0.05) is 23.2 Å². The number of benzene rings is 1. The van der Waals surface area contributed by atoms with Crippen LogP contribution < -0.4 is 5.32 Å². The summed E-state index contributed by atoms with van der Waals surface area (Å²) in [6.07, 6.45) is 0. The number of hydrogen-bond acceptors (Lipinski definition) is 7. The van der Waals surface area contributed by atoms with Crippen LogP contribution in [0.25, 0.3) is 0 Å². The molecule has 12 heteroatoms. The maximum atomic E-state index is 12.5. The van der Waals surface area contributed by atoms with Gasteiger partial charge in [-0.25, -0.2) is 9.59 Å². The standard InChI is InChI=1S/C17H14Cl2N2O6S2/c1-27-17(26)8-5-29-15-12(14(23)21(15)13(8)16(24)25)20-11(22)6-28-10-4-7(18)2-3-9(10)19/h2-4,12,15H,5-6H2,1H3,(H,20,22)(H,24,25)/t12?,15-/m0/s1. The quantitative estimate of drug-likeness (QED) is 0.364. The van der Waals surface area contributed by atoms with Crippen molar-refractivity contribution in [2.24, 2.45) is 0 Å². The molecule has 2 atom stereocenters. The van der Waals surface area contributed by atoms with Crippen molar-refractivity contribution < 1.29 is 29.0 Å². The Kier molecular flexibility index (Phi) is 6.67. The van der Waals surface area contributed by atoms with Crippen molar-refractivity contribution in [2.45, 2.75) is 16.3 Å². The van der Waals surface area contributed by atoms with Gasteiger partial charge in [-0.3, -0.25) is 14.5 Å². The molecule has 1 aromatic carbocycles. The average molecular weight is 477 g/mol. The number of β-lactam (4-membered cyclic amide) rings is 1. The maximum absolute atomic E-state index is 12.5. The summed E-state index contributed by atoms with van der Waals surface area (Å²) in [5.74, 6) is -3.16. The molecule has 1 unspecified atom stereocenters. The van der Waals surface area contributed by atoms with E-state index >= 15 is 0 Å². The minimum Gasteiger partial charge on any atom is -0.477 e. The van der Waals surface area contributed by atoms with Crippen molar-refractivity contribution in [3.63, 3.8) is 0 Å². The van der Waals surface area contributed by atoms with E-state index < -0.39 is 40.9 Å². The van der Waals surface area contributed by atoms with Crippen LogP contribution in [0.1, 0.15) is 0 Å². The second-order valence-corrected chi connectivity index (χ2v) is 8.91.